The van der Waals surface area contributed by atoms with E-state index < -0.39 is 27.4 Å². The van der Waals surface area contributed by atoms with E-state index in [1.54, 1.807) is 12.1 Å². The van der Waals surface area contributed by atoms with Gasteiger partial charge in [-0.15, -0.1) is 0 Å². The molecule has 2 aromatic carbocycles. The highest BCUT2D eigenvalue weighted by Crippen LogP contribution is 2.29. The number of halogens is 1. The molecule has 0 fully saturated rings. The summed E-state index contributed by atoms with van der Waals surface area (Å²) < 4.78 is 43.6. The van der Waals surface area contributed by atoms with Crippen LogP contribution in [0, 0.1) is 18.7 Å². The van der Waals surface area contributed by atoms with Gasteiger partial charge in [-0.2, -0.15) is 0 Å². The Morgan fingerprint density at radius 2 is 1.87 bits per heavy atom. The van der Waals surface area contributed by atoms with Crippen LogP contribution in [0.25, 0.3) is 0 Å². The van der Waals surface area contributed by atoms with E-state index in [1.807, 2.05) is 6.92 Å². The Morgan fingerprint density at radius 1 is 1.17 bits per heavy atom. The van der Waals surface area contributed by atoms with E-state index in [0.717, 1.165) is 11.6 Å². The van der Waals surface area contributed by atoms with Crippen LogP contribution in [0.4, 0.5) is 4.39 Å². The largest absolute Gasteiger partial charge is 0.492 e. The van der Waals surface area contributed by atoms with Gasteiger partial charge in [-0.05, 0) is 37.3 Å². The number of hydrogen-bond acceptors (Lipinski definition) is 4. The summed E-state index contributed by atoms with van der Waals surface area (Å²) in [6.07, 6.45) is 0. The maximum absolute atomic E-state index is 13.3. The highest BCUT2D eigenvalue weighted by atomic mass is 32.2. The van der Waals surface area contributed by atoms with E-state index in [0.29, 0.717) is 5.75 Å². The van der Waals surface area contributed by atoms with Gasteiger partial charge < -0.3 is 4.74 Å². The molecular formula is C17H15FO4S. The molecule has 0 N–H and O–H groups in total. The van der Waals surface area contributed by atoms with Gasteiger partial charge in [0, 0.05) is 0 Å². The Balaban J connectivity index is 1.86. The van der Waals surface area contributed by atoms with Crippen LogP contribution < -0.4 is 4.74 Å². The lowest BCUT2D eigenvalue weighted by Gasteiger charge is -2.24. The molecule has 0 unspecified atom stereocenters. The van der Waals surface area contributed by atoms with Crippen molar-refractivity contribution in [2.45, 2.75) is 11.8 Å². The molecule has 0 spiro atoms. The first kappa shape index (κ1) is 15.7. The summed E-state index contributed by atoms with van der Waals surface area (Å²) in [5, 5.41) is 0. The molecule has 0 aromatic heterocycles. The fourth-order valence-corrected chi connectivity index (χ4v) is 4.06. The Hall–Kier alpha value is -2.21. The topological polar surface area (TPSA) is 60.4 Å². The van der Waals surface area contributed by atoms with Gasteiger partial charge in [0.2, 0.25) is 0 Å². The van der Waals surface area contributed by atoms with Gasteiger partial charge in [0.1, 0.15) is 11.6 Å². The molecule has 2 aromatic rings. The van der Waals surface area contributed by atoms with Gasteiger partial charge in [0.25, 0.3) is 0 Å². The van der Waals surface area contributed by atoms with Crippen molar-refractivity contribution in [2.75, 3.05) is 12.4 Å². The number of Topliss-reactive ketones (excluding diaryl/α,β-unsaturated/α-hetero) is 1. The van der Waals surface area contributed by atoms with Crippen molar-refractivity contribution in [3.63, 3.8) is 0 Å². The molecule has 1 atom stereocenters. The van der Waals surface area contributed by atoms with Gasteiger partial charge in [0.15, 0.2) is 15.6 Å². The van der Waals surface area contributed by atoms with Gasteiger partial charge in [0.05, 0.1) is 28.7 Å². The Morgan fingerprint density at radius 3 is 2.57 bits per heavy atom. The minimum atomic E-state index is -3.62. The number of ether oxygens (including phenoxy) is 1. The van der Waals surface area contributed by atoms with Crippen LogP contribution >= 0.6 is 0 Å². The predicted molar refractivity (Wildman–Crippen MR) is 82.9 cm³/mol. The molecule has 0 aliphatic carbocycles. The van der Waals surface area contributed by atoms with Crippen LogP contribution in [0.3, 0.4) is 0 Å². The van der Waals surface area contributed by atoms with Crippen LogP contribution in [0.5, 0.6) is 5.75 Å². The summed E-state index contributed by atoms with van der Waals surface area (Å²) in [5.41, 5.74) is 1.05. The molecule has 0 radical (unpaired) electrons. The molecule has 3 rings (SSSR count). The third-order valence-corrected chi connectivity index (χ3v) is 5.65. The molecule has 0 amide bonds. The predicted octanol–water partition coefficient (Wildman–Crippen LogP) is 2.80. The lowest BCUT2D eigenvalue weighted by Crippen LogP contribution is -2.33. The number of carbonyl (C=O) groups excluding carboxylic acids is 1. The average Bonchev–Trinajstić information content (AvgIpc) is 2.51. The summed E-state index contributed by atoms with van der Waals surface area (Å²) in [4.78, 5) is 12.6. The highest BCUT2D eigenvalue weighted by molar-refractivity contribution is 7.91. The second-order valence-corrected chi connectivity index (χ2v) is 7.64. The van der Waals surface area contributed by atoms with E-state index in [-0.39, 0.29) is 22.8 Å². The third-order valence-electron chi connectivity index (χ3n) is 3.82. The summed E-state index contributed by atoms with van der Waals surface area (Å²) >= 11 is 0. The molecule has 1 aliphatic rings. The lowest BCUT2D eigenvalue weighted by atomic mass is 9.96. The molecule has 1 heterocycles. The zero-order valence-electron chi connectivity index (χ0n) is 12.5. The first-order valence-corrected chi connectivity index (χ1v) is 8.78. The molecule has 0 bridgehead atoms. The SMILES string of the molecule is Cc1ccc(S(=O)(=O)C[C@H]2COc3ccc(F)cc3C2=O)cc1. The van der Waals surface area contributed by atoms with E-state index in [2.05, 4.69) is 0 Å². The Bertz CT molecular complexity index is 857. The second kappa shape index (κ2) is 5.77. The molecule has 4 nitrogen and oxygen atoms in total. The maximum Gasteiger partial charge on any atom is 0.179 e. The average molecular weight is 334 g/mol. The summed E-state index contributed by atoms with van der Waals surface area (Å²) in [6.45, 7) is 1.84. The number of carbonyl (C=O) groups is 1. The lowest BCUT2D eigenvalue weighted by molar-refractivity contribution is 0.0850. The fraction of sp³-hybridized carbons (Fsp3) is 0.235. The normalized spacial score (nSPS) is 17.5. The quantitative estimate of drug-likeness (QED) is 0.866. The standard InChI is InChI=1S/C17H15FO4S/c1-11-2-5-14(6-3-11)23(20,21)10-12-9-22-16-7-4-13(18)8-15(16)17(12)19/h2-8,12H,9-10H2,1H3/t12-/m1/s1. The number of benzene rings is 2. The molecule has 120 valence electrons. The number of fused-ring (bicyclic) bond motifs is 1. The molecule has 23 heavy (non-hydrogen) atoms. The summed E-state index contributed by atoms with van der Waals surface area (Å²) in [7, 11) is -3.62. The summed E-state index contributed by atoms with van der Waals surface area (Å²) in [5.74, 6) is -1.86. The zero-order chi connectivity index (χ0) is 16.6. The molecule has 0 saturated carbocycles. The van der Waals surface area contributed by atoms with Gasteiger partial charge >= 0.3 is 0 Å². The molecule has 6 heteroatoms. The van der Waals surface area contributed by atoms with Crippen LogP contribution in [0.1, 0.15) is 15.9 Å². The Labute approximate surface area is 133 Å². The van der Waals surface area contributed by atoms with Gasteiger partial charge in [-0.25, -0.2) is 12.8 Å². The van der Waals surface area contributed by atoms with Crippen LogP contribution in [0.2, 0.25) is 0 Å². The highest BCUT2D eigenvalue weighted by Gasteiger charge is 2.33. The number of sulfone groups is 1. The van der Waals surface area contributed by atoms with Crippen molar-refractivity contribution < 1.29 is 22.3 Å². The fourth-order valence-electron chi connectivity index (χ4n) is 2.54. The van der Waals surface area contributed by atoms with E-state index in [4.69, 9.17) is 4.74 Å². The van der Waals surface area contributed by atoms with Gasteiger partial charge in [-0.3, -0.25) is 4.79 Å². The van der Waals surface area contributed by atoms with Crippen molar-refractivity contribution in [2.24, 2.45) is 5.92 Å². The van der Waals surface area contributed by atoms with E-state index >= 15 is 0 Å². The van der Waals surface area contributed by atoms with E-state index in [9.17, 15) is 17.6 Å². The van der Waals surface area contributed by atoms with Crippen LogP contribution in [-0.4, -0.2) is 26.6 Å². The minimum absolute atomic E-state index is 0.0252. The number of aryl methyl sites for hydroxylation is 1. The zero-order valence-corrected chi connectivity index (χ0v) is 13.3. The van der Waals surface area contributed by atoms with E-state index in [1.165, 1.54) is 24.3 Å². The van der Waals surface area contributed by atoms with Crippen molar-refractivity contribution in [3.05, 3.63) is 59.4 Å². The van der Waals surface area contributed by atoms with Crippen molar-refractivity contribution in [3.8, 4) is 5.75 Å². The first-order valence-electron chi connectivity index (χ1n) is 7.13. The Kier molecular flexibility index (Phi) is 3.93. The van der Waals surface area contributed by atoms with Gasteiger partial charge in [-0.1, -0.05) is 17.7 Å². The number of rotatable bonds is 3. The minimum Gasteiger partial charge on any atom is -0.492 e. The van der Waals surface area contributed by atoms with Crippen molar-refractivity contribution >= 4 is 15.6 Å². The monoisotopic (exact) mass is 334 g/mol. The number of ketones is 1. The van der Waals surface area contributed by atoms with Crippen molar-refractivity contribution in [1.29, 1.82) is 0 Å². The third kappa shape index (κ3) is 3.12. The molecular weight excluding hydrogens is 319 g/mol. The van der Waals surface area contributed by atoms with Crippen LogP contribution in [-0.2, 0) is 9.84 Å². The smallest absolute Gasteiger partial charge is 0.179 e. The van der Waals surface area contributed by atoms with Crippen LogP contribution in [0.15, 0.2) is 47.4 Å². The maximum atomic E-state index is 13.3. The summed E-state index contributed by atoms with van der Waals surface area (Å²) in [6, 6.07) is 10.1. The number of hydrogen-bond donors (Lipinski definition) is 0. The molecule has 1 aliphatic heterocycles. The second-order valence-electron chi connectivity index (χ2n) is 5.61. The molecule has 0 saturated heterocycles. The van der Waals surface area contributed by atoms with Crippen molar-refractivity contribution in [1.82, 2.24) is 0 Å². The first-order chi connectivity index (χ1) is 10.9.